The fraction of sp³-hybridized carbons (Fsp3) is 0.273. The lowest BCUT2D eigenvalue weighted by Crippen LogP contribution is -2.08. The molecule has 1 aromatic rings. The van der Waals surface area contributed by atoms with Gasteiger partial charge in [0.2, 0.25) is 0 Å². The molecule has 0 amide bonds. The summed E-state index contributed by atoms with van der Waals surface area (Å²) in [5.41, 5.74) is -1.56. The first kappa shape index (κ1) is 14.0. The van der Waals surface area contributed by atoms with E-state index in [9.17, 15) is 23.3 Å². The molecule has 0 aromatic heterocycles. The van der Waals surface area contributed by atoms with E-state index in [1.807, 2.05) is 0 Å². The summed E-state index contributed by atoms with van der Waals surface area (Å²) in [6, 6.07) is 2.39. The first-order chi connectivity index (χ1) is 8.36. The van der Waals surface area contributed by atoms with E-state index in [0.717, 1.165) is 12.1 Å². The molecule has 1 aromatic carbocycles. The summed E-state index contributed by atoms with van der Waals surface area (Å²) in [6.07, 6.45) is -2.44. The molecule has 4 nitrogen and oxygen atoms in total. The van der Waals surface area contributed by atoms with Crippen molar-refractivity contribution in [3.63, 3.8) is 0 Å². The van der Waals surface area contributed by atoms with Gasteiger partial charge in [-0.2, -0.15) is 13.2 Å². The highest BCUT2D eigenvalue weighted by Crippen LogP contribution is 2.34. The second-order valence-corrected chi connectivity index (χ2v) is 3.49. The molecule has 1 N–H and O–H groups in total. The topological polar surface area (TPSA) is 55.2 Å². The molecule has 0 spiro atoms. The van der Waals surface area contributed by atoms with Crippen molar-refractivity contribution >= 4 is 11.4 Å². The highest BCUT2D eigenvalue weighted by atomic mass is 19.4. The summed E-state index contributed by atoms with van der Waals surface area (Å²) in [5.74, 6) is 0. The molecule has 7 heteroatoms. The van der Waals surface area contributed by atoms with Crippen molar-refractivity contribution in [3.8, 4) is 0 Å². The maximum absolute atomic E-state index is 12.4. The number of hydrogen-bond donors (Lipinski definition) is 1. The molecule has 0 heterocycles. The van der Waals surface area contributed by atoms with Gasteiger partial charge in [-0.15, -0.1) is 6.58 Å². The standard InChI is InChI=1S/C11H11F3N2O2/c1-2-3-6-15-9-5-4-8(11(12,13)14)7-10(9)16(17)18/h2,4-5,7,15H,1,3,6H2. The molecule has 0 aliphatic rings. The van der Waals surface area contributed by atoms with Crippen LogP contribution in [0.1, 0.15) is 12.0 Å². The first-order valence-electron chi connectivity index (χ1n) is 5.06. The molecule has 0 aliphatic heterocycles. The molecular formula is C11H11F3N2O2. The molecule has 0 fully saturated rings. The van der Waals surface area contributed by atoms with Gasteiger partial charge in [-0.3, -0.25) is 10.1 Å². The van der Waals surface area contributed by atoms with E-state index in [1.54, 1.807) is 6.08 Å². The van der Waals surface area contributed by atoms with Crippen molar-refractivity contribution in [1.29, 1.82) is 0 Å². The number of alkyl halides is 3. The normalized spacial score (nSPS) is 11.1. The van der Waals surface area contributed by atoms with Crippen LogP contribution in [0, 0.1) is 10.1 Å². The number of nitrogens with zero attached hydrogens (tertiary/aromatic N) is 1. The van der Waals surface area contributed by atoms with Crippen LogP contribution in [-0.4, -0.2) is 11.5 Å². The molecule has 0 saturated heterocycles. The molecule has 0 bridgehead atoms. The van der Waals surface area contributed by atoms with Gasteiger partial charge < -0.3 is 5.32 Å². The fourth-order valence-corrected chi connectivity index (χ4v) is 1.32. The predicted octanol–water partition coefficient (Wildman–Crippen LogP) is 3.60. The summed E-state index contributed by atoms with van der Waals surface area (Å²) in [6.45, 7) is 3.84. The largest absolute Gasteiger partial charge is 0.416 e. The Labute approximate surface area is 101 Å². The lowest BCUT2D eigenvalue weighted by Gasteiger charge is -2.09. The van der Waals surface area contributed by atoms with Gasteiger partial charge >= 0.3 is 6.18 Å². The second kappa shape index (κ2) is 5.52. The monoisotopic (exact) mass is 260 g/mol. The Morgan fingerprint density at radius 2 is 2.11 bits per heavy atom. The number of nitro groups is 1. The number of halogens is 3. The zero-order chi connectivity index (χ0) is 13.8. The van der Waals surface area contributed by atoms with Crippen LogP contribution in [0.25, 0.3) is 0 Å². The second-order valence-electron chi connectivity index (χ2n) is 3.49. The molecule has 18 heavy (non-hydrogen) atoms. The summed E-state index contributed by atoms with van der Waals surface area (Å²) < 4.78 is 37.2. The lowest BCUT2D eigenvalue weighted by atomic mass is 10.1. The number of benzene rings is 1. The first-order valence-corrected chi connectivity index (χ1v) is 5.06. The maximum Gasteiger partial charge on any atom is 0.416 e. The van der Waals surface area contributed by atoms with Crippen LogP contribution < -0.4 is 5.32 Å². The van der Waals surface area contributed by atoms with Gasteiger partial charge in [0, 0.05) is 12.6 Å². The van der Waals surface area contributed by atoms with Gasteiger partial charge in [0.1, 0.15) is 5.69 Å². The maximum atomic E-state index is 12.4. The number of nitro benzene ring substituents is 1. The SMILES string of the molecule is C=CCCNc1ccc(C(F)(F)F)cc1[N+](=O)[O-]. The summed E-state index contributed by atoms with van der Waals surface area (Å²) >= 11 is 0. The predicted molar refractivity (Wildman–Crippen MR) is 61.4 cm³/mol. The van der Waals surface area contributed by atoms with E-state index < -0.39 is 22.4 Å². The molecule has 0 atom stereocenters. The Balaban J connectivity index is 3.05. The van der Waals surface area contributed by atoms with E-state index in [2.05, 4.69) is 11.9 Å². The Bertz CT molecular complexity index is 458. The van der Waals surface area contributed by atoms with E-state index in [4.69, 9.17) is 0 Å². The van der Waals surface area contributed by atoms with Crippen molar-refractivity contribution in [2.75, 3.05) is 11.9 Å². The van der Waals surface area contributed by atoms with Crippen molar-refractivity contribution < 1.29 is 18.1 Å². The summed E-state index contributed by atoms with van der Waals surface area (Å²) in [7, 11) is 0. The molecule has 0 radical (unpaired) electrons. The minimum atomic E-state index is -4.59. The van der Waals surface area contributed by atoms with Crippen molar-refractivity contribution in [1.82, 2.24) is 0 Å². The van der Waals surface area contributed by atoms with Crippen LogP contribution in [0.5, 0.6) is 0 Å². The van der Waals surface area contributed by atoms with Crippen molar-refractivity contribution in [2.45, 2.75) is 12.6 Å². The van der Waals surface area contributed by atoms with Gasteiger partial charge in [-0.25, -0.2) is 0 Å². The zero-order valence-electron chi connectivity index (χ0n) is 9.33. The summed E-state index contributed by atoms with van der Waals surface area (Å²) in [4.78, 5) is 9.87. The van der Waals surface area contributed by atoms with Crippen molar-refractivity contribution in [3.05, 3.63) is 46.5 Å². The Hall–Kier alpha value is -2.05. The van der Waals surface area contributed by atoms with Gasteiger partial charge in [-0.05, 0) is 18.6 Å². The number of hydrogen-bond acceptors (Lipinski definition) is 3. The third kappa shape index (κ3) is 3.47. The number of rotatable bonds is 5. The summed E-state index contributed by atoms with van der Waals surface area (Å²) in [5, 5.41) is 13.4. The number of anilines is 1. The molecular weight excluding hydrogens is 249 g/mol. The van der Waals surface area contributed by atoms with E-state index in [1.165, 1.54) is 0 Å². The Morgan fingerprint density at radius 1 is 1.44 bits per heavy atom. The lowest BCUT2D eigenvalue weighted by molar-refractivity contribution is -0.384. The third-order valence-electron chi connectivity index (χ3n) is 2.19. The molecule has 0 unspecified atom stereocenters. The van der Waals surface area contributed by atoms with Gasteiger partial charge in [0.15, 0.2) is 0 Å². The van der Waals surface area contributed by atoms with Crippen LogP contribution >= 0.6 is 0 Å². The third-order valence-corrected chi connectivity index (χ3v) is 2.19. The van der Waals surface area contributed by atoms with Gasteiger partial charge in [0.25, 0.3) is 5.69 Å². The van der Waals surface area contributed by atoms with Crippen LogP contribution in [-0.2, 0) is 6.18 Å². The molecule has 1 rings (SSSR count). The van der Waals surface area contributed by atoms with Crippen LogP contribution in [0.4, 0.5) is 24.5 Å². The quantitative estimate of drug-likeness (QED) is 0.381. The van der Waals surface area contributed by atoms with Crippen LogP contribution in [0.2, 0.25) is 0 Å². The highest BCUT2D eigenvalue weighted by molar-refractivity contribution is 5.62. The van der Waals surface area contributed by atoms with Crippen LogP contribution in [0.3, 0.4) is 0 Å². The molecule has 98 valence electrons. The Kier molecular flexibility index (Phi) is 4.30. The van der Waals surface area contributed by atoms with Crippen LogP contribution in [0.15, 0.2) is 30.9 Å². The molecule has 0 saturated carbocycles. The van der Waals surface area contributed by atoms with Gasteiger partial charge in [-0.1, -0.05) is 6.08 Å². The fourth-order valence-electron chi connectivity index (χ4n) is 1.32. The molecule has 0 aliphatic carbocycles. The van der Waals surface area contributed by atoms with Gasteiger partial charge in [0.05, 0.1) is 10.5 Å². The minimum Gasteiger partial charge on any atom is -0.379 e. The number of nitrogens with one attached hydrogen (secondary N) is 1. The highest BCUT2D eigenvalue weighted by Gasteiger charge is 2.32. The average molecular weight is 260 g/mol. The van der Waals surface area contributed by atoms with E-state index >= 15 is 0 Å². The van der Waals surface area contributed by atoms with Crippen molar-refractivity contribution in [2.24, 2.45) is 0 Å². The smallest absolute Gasteiger partial charge is 0.379 e. The average Bonchev–Trinajstić information content (AvgIpc) is 2.28. The minimum absolute atomic E-state index is 0.0647. The van der Waals surface area contributed by atoms with E-state index in [-0.39, 0.29) is 5.69 Å². The zero-order valence-corrected chi connectivity index (χ0v) is 9.33. The Morgan fingerprint density at radius 3 is 2.61 bits per heavy atom. The van der Waals surface area contributed by atoms with E-state index in [0.29, 0.717) is 19.0 Å².